The molecule has 0 aliphatic carbocycles. The zero-order valence-electron chi connectivity index (χ0n) is 11.4. The summed E-state index contributed by atoms with van der Waals surface area (Å²) in [6.07, 6.45) is 2.03. The summed E-state index contributed by atoms with van der Waals surface area (Å²) in [7, 11) is 1.72. The van der Waals surface area contributed by atoms with Crippen LogP contribution in [0.1, 0.15) is 23.5 Å². The Hall–Kier alpha value is -1.80. The Morgan fingerprint density at radius 3 is 2.37 bits per heavy atom. The number of nitrogens with two attached hydrogens (primary N) is 1. The summed E-state index contributed by atoms with van der Waals surface area (Å²) in [4.78, 5) is 0. The van der Waals surface area contributed by atoms with Crippen molar-refractivity contribution >= 4 is 0 Å². The van der Waals surface area contributed by atoms with Gasteiger partial charge in [-0.05, 0) is 42.5 Å². The lowest BCUT2D eigenvalue weighted by Crippen LogP contribution is -2.13. The summed E-state index contributed by atoms with van der Waals surface area (Å²) < 4.78 is 5.39. The zero-order valence-corrected chi connectivity index (χ0v) is 11.4. The molecule has 2 nitrogen and oxygen atoms in total. The highest BCUT2D eigenvalue weighted by Gasteiger charge is 2.10. The minimum Gasteiger partial charge on any atom is -0.496 e. The van der Waals surface area contributed by atoms with Crippen molar-refractivity contribution in [1.82, 2.24) is 0 Å². The smallest absolute Gasteiger partial charge is 0.122 e. The molecular formula is C17H21NO. The van der Waals surface area contributed by atoms with Crippen LogP contribution in [0.25, 0.3) is 0 Å². The maximum atomic E-state index is 5.91. The van der Waals surface area contributed by atoms with Crippen LogP contribution in [0.15, 0.2) is 54.6 Å². The molecule has 0 saturated carbocycles. The first-order chi connectivity index (χ1) is 9.35. The minimum atomic E-state index is 0.408. The van der Waals surface area contributed by atoms with E-state index >= 15 is 0 Å². The third-order valence-corrected chi connectivity index (χ3v) is 3.51. The fourth-order valence-corrected chi connectivity index (χ4v) is 2.39. The number of para-hydroxylation sites is 1. The third kappa shape index (κ3) is 3.58. The van der Waals surface area contributed by atoms with Gasteiger partial charge in [-0.1, -0.05) is 48.5 Å². The first kappa shape index (κ1) is 13.6. The monoisotopic (exact) mass is 255 g/mol. The molecule has 2 rings (SSSR count). The van der Waals surface area contributed by atoms with E-state index in [0.29, 0.717) is 12.5 Å². The average molecular weight is 255 g/mol. The second-order valence-corrected chi connectivity index (χ2v) is 4.69. The molecule has 0 spiro atoms. The third-order valence-electron chi connectivity index (χ3n) is 3.51. The van der Waals surface area contributed by atoms with Gasteiger partial charge in [0.1, 0.15) is 5.75 Å². The van der Waals surface area contributed by atoms with E-state index in [4.69, 9.17) is 10.5 Å². The fraction of sp³-hybridized carbons (Fsp3) is 0.294. The van der Waals surface area contributed by atoms with Crippen molar-refractivity contribution in [3.8, 4) is 5.75 Å². The van der Waals surface area contributed by atoms with Gasteiger partial charge < -0.3 is 10.5 Å². The van der Waals surface area contributed by atoms with Crippen molar-refractivity contribution < 1.29 is 4.74 Å². The molecule has 0 radical (unpaired) electrons. The standard InChI is InChI=1S/C17H21NO/c1-19-17-10-6-5-9-15(17)11-12-16(13-18)14-7-3-2-4-8-14/h2-10,16H,11-13,18H2,1H3. The van der Waals surface area contributed by atoms with E-state index in [-0.39, 0.29) is 0 Å². The number of aryl methyl sites for hydroxylation is 1. The highest BCUT2D eigenvalue weighted by molar-refractivity contribution is 5.33. The van der Waals surface area contributed by atoms with Crippen LogP contribution in [-0.4, -0.2) is 13.7 Å². The summed E-state index contributed by atoms with van der Waals surface area (Å²) in [5, 5.41) is 0. The Morgan fingerprint density at radius 1 is 1.00 bits per heavy atom. The molecule has 2 N–H and O–H groups in total. The van der Waals surface area contributed by atoms with Crippen LogP contribution in [0, 0.1) is 0 Å². The number of ether oxygens (including phenoxy) is 1. The number of benzene rings is 2. The normalized spacial score (nSPS) is 12.1. The lowest BCUT2D eigenvalue weighted by Gasteiger charge is -2.16. The first-order valence-corrected chi connectivity index (χ1v) is 6.72. The highest BCUT2D eigenvalue weighted by atomic mass is 16.5. The first-order valence-electron chi connectivity index (χ1n) is 6.72. The predicted octanol–water partition coefficient (Wildman–Crippen LogP) is 3.37. The van der Waals surface area contributed by atoms with Gasteiger partial charge in [-0.3, -0.25) is 0 Å². The van der Waals surface area contributed by atoms with E-state index in [1.54, 1.807) is 7.11 Å². The van der Waals surface area contributed by atoms with Crippen LogP contribution in [0.5, 0.6) is 5.75 Å². The molecule has 0 aromatic heterocycles. The summed E-state index contributed by atoms with van der Waals surface area (Å²) in [6, 6.07) is 18.7. The second kappa shape index (κ2) is 6.95. The van der Waals surface area contributed by atoms with Crippen LogP contribution < -0.4 is 10.5 Å². The van der Waals surface area contributed by atoms with E-state index in [0.717, 1.165) is 18.6 Å². The number of methoxy groups -OCH3 is 1. The van der Waals surface area contributed by atoms with E-state index in [9.17, 15) is 0 Å². The van der Waals surface area contributed by atoms with E-state index in [1.165, 1.54) is 11.1 Å². The Balaban J connectivity index is 2.04. The van der Waals surface area contributed by atoms with E-state index < -0.39 is 0 Å². The van der Waals surface area contributed by atoms with Gasteiger partial charge in [-0.2, -0.15) is 0 Å². The van der Waals surface area contributed by atoms with Gasteiger partial charge in [0.25, 0.3) is 0 Å². The predicted molar refractivity (Wildman–Crippen MR) is 79.6 cm³/mol. The molecule has 1 unspecified atom stereocenters. The maximum Gasteiger partial charge on any atom is 0.122 e. The van der Waals surface area contributed by atoms with Crippen molar-refractivity contribution in [2.24, 2.45) is 5.73 Å². The Kier molecular flexibility index (Phi) is 4.99. The SMILES string of the molecule is COc1ccccc1CCC(CN)c1ccccc1. The molecule has 0 heterocycles. The summed E-state index contributed by atoms with van der Waals surface area (Å²) in [5.41, 5.74) is 8.48. The van der Waals surface area contributed by atoms with Crippen LogP contribution >= 0.6 is 0 Å². The van der Waals surface area contributed by atoms with Crippen molar-refractivity contribution in [2.75, 3.05) is 13.7 Å². The quantitative estimate of drug-likeness (QED) is 0.859. The summed E-state index contributed by atoms with van der Waals surface area (Å²) in [5.74, 6) is 1.37. The average Bonchev–Trinajstić information content (AvgIpc) is 2.49. The zero-order chi connectivity index (χ0) is 13.5. The molecule has 0 saturated heterocycles. The largest absolute Gasteiger partial charge is 0.496 e. The molecular weight excluding hydrogens is 234 g/mol. The number of hydrogen-bond acceptors (Lipinski definition) is 2. The van der Waals surface area contributed by atoms with Gasteiger partial charge in [-0.25, -0.2) is 0 Å². The van der Waals surface area contributed by atoms with Crippen LogP contribution in [-0.2, 0) is 6.42 Å². The lowest BCUT2D eigenvalue weighted by atomic mass is 9.92. The second-order valence-electron chi connectivity index (χ2n) is 4.69. The Labute approximate surface area is 115 Å². The van der Waals surface area contributed by atoms with E-state index in [1.807, 2.05) is 18.2 Å². The Bertz CT molecular complexity index is 496. The summed E-state index contributed by atoms with van der Waals surface area (Å²) >= 11 is 0. The molecule has 1 atom stereocenters. The molecule has 0 amide bonds. The van der Waals surface area contributed by atoms with Gasteiger partial charge in [0.2, 0.25) is 0 Å². The topological polar surface area (TPSA) is 35.2 Å². The van der Waals surface area contributed by atoms with Gasteiger partial charge in [0.05, 0.1) is 7.11 Å². The molecule has 2 heteroatoms. The molecule has 0 aliphatic heterocycles. The number of hydrogen-bond donors (Lipinski definition) is 1. The fourth-order valence-electron chi connectivity index (χ4n) is 2.39. The van der Waals surface area contributed by atoms with Gasteiger partial charge >= 0.3 is 0 Å². The van der Waals surface area contributed by atoms with Crippen LogP contribution in [0.2, 0.25) is 0 Å². The summed E-state index contributed by atoms with van der Waals surface area (Å²) in [6.45, 7) is 0.680. The molecule has 2 aromatic rings. The molecule has 0 aliphatic rings. The molecule has 2 aromatic carbocycles. The highest BCUT2D eigenvalue weighted by Crippen LogP contribution is 2.24. The maximum absolute atomic E-state index is 5.91. The molecule has 0 fully saturated rings. The molecule has 0 bridgehead atoms. The molecule has 19 heavy (non-hydrogen) atoms. The Morgan fingerprint density at radius 2 is 1.68 bits per heavy atom. The van der Waals surface area contributed by atoms with Crippen LogP contribution in [0.4, 0.5) is 0 Å². The van der Waals surface area contributed by atoms with Crippen molar-refractivity contribution in [2.45, 2.75) is 18.8 Å². The van der Waals surface area contributed by atoms with Gasteiger partial charge in [-0.15, -0.1) is 0 Å². The lowest BCUT2D eigenvalue weighted by molar-refractivity contribution is 0.408. The van der Waals surface area contributed by atoms with Crippen molar-refractivity contribution in [3.05, 3.63) is 65.7 Å². The van der Waals surface area contributed by atoms with Crippen molar-refractivity contribution in [1.29, 1.82) is 0 Å². The van der Waals surface area contributed by atoms with Crippen molar-refractivity contribution in [3.63, 3.8) is 0 Å². The minimum absolute atomic E-state index is 0.408. The number of rotatable bonds is 6. The van der Waals surface area contributed by atoms with E-state index in [2.05, 4.69) is 36.4 Å². The van der Waals surface area contributed by atoms with Gasteiger partial charge in [0.15, 0.2) is 0 Å². The molecule has 100 valence electrons. The van der Waals surface area contributed by atoms with Crippen LogP contribution in [0.3, 0.4) is 0 Å². The van der Waals surface area contributed by atoms with Gasteiger partial charge in [0, 0.05) is 0 Å².